The zero-order chi connectivity index (χ0) is 33.1. The Labute approximate surface area is 276 Å². The van der Waals surface area contributed by atoms with E-state index in [9.17, 15) is 10.5 Å². The molecule has 0 fully saturated rings. The molecule has 47 heavy (non-hydrogen) atoms. The first-order valence-corrected chi connectivity index (χ1v) is 16.0. The van der Waals surface area contributed by atoms with Gasteiger partial charge in [-0.3, -0.25) is 4.90 Å². The quantitative estimate of drug-likeness (QED) is 0.201. The number of halogens is 1. The van der Waals surface area contributed by atoms with Crippen molar-refractivity contribution in [3.05, 3.63) is 142 Å². The normalized spacial score (nSPS) is 17.3. The van der Waals surface area contributed by atoms with Gasteiger partial charge >= 0.3 is 0 Å². The smallest absolute Gasteiger partial charge is 0.146 e. The van der Waals surface area contributed by atoms with E-state index < -0.39 is 16.9 Å². The summed E-state index contributed by atoms with van der Waals surface area (Å²) in [4.78, 5) is 2.10. The number of hydrogen-bond donors (Lipinski definition) is 0. The van der Waals surface area contributed by atoms with E-state index in [1.54, 1.807) is 0 Å². The Bertz CT molecular complexity index is 2120. The number of benzene rings is 5. The van der Waals surface area contributed by atoms with Crippen LogP contribution in [-0.2, 0) is 23.9 Å². The maximum Gasteiger partial charge on any atom is 0.146 e. The molecule has 0 saturated heterocycles. The highest BCUT2D eigenvalue weighted by Crippen LogP contribution is 2.53. The maximum atomic E-state index is 16.6. The highest BCUT2D eigenvalue weighted by Gasteiger charge is 2.51. The molecule has 0 radical (unpaired) electrons. The third kappa shape index (κ3) is 4.82. The fraction of sp³-hybridized carbons (Fsp3) is 0.238. The van der Waals surface area contributed by atoms with E-state index in [4.69, 9.17) is 4.74 Å². The second kappa shape index (κ2) is 11.2. The molecule has 2 aliphatic rings. The van der Waals surface area contributed by atoms with Crippen LogP contribution >= 0.6 is 0 Å². The second-order valence-corrected chi connectivity index (χ2v) is 13.7. The molecule has 1 unspecified atom stereocenters. The van der Waals surface area contributed by atoms with Gasteiger partial charge in [0.15, 0.2) is 0 Å². The van der Waals surface area contributed by atoms with Gasteiger partial charge in [0, 0.05) is 16.6 Å². The lowest BCUT2D eigenvalue weighted by Gasteiger charge is -2.37. The van der Waals surface area contributed by atoms with Crippen LogP contribution in [0, 0.1) is 28.5 Å². The van der Waals surface area contributed by atoms with Crippen molar-refractivity contribution in [1.82, 2.24) is 4.90 Å². The number of nitrogens with zero attached hydrogens (tertiary/aromatic N) is 3. The van der Waals surface area contributed by atoms with Gasteiger partial charge in [-0.2, -0.15) is 10.5 Å². The molecule has 1 atom stereocenters. The van der Waals surface area contributed by atoms with Gasteiger partial charge in [0.05, 0.1) is 17.2 Å². The third-order valence-electron chi connectivity index (χ3n) is 10.5. The van der Waals surface area contributed by atoms with Gasteiger partial charge in [0.2, 0.25) is 0 Å². The van der Waals surface area contributed by atoms with Crippen LogP contribution in [0.1, 0.15) is 72.6 Å². The van der Waals surface area contributed by atoms with Crippen LogP contribution in [0.2, 0.25) is 0 Å². The van der Waals surface area contributed by atoms with Crippen molar-refractivity contribution in [3.63, 3.8) is 0 Å². The summed E-state index contributed by atoms with van der Waals surface area (Å²) >= 11 is 0. The van der Waals surface area contributed by atoms with Crippen molar-refractivity contribution in [2.24, 2.45) is 0 Å². The fourth-order valence-electron chi connectivity index (χ4n) is 7.75. The van der Waals surface area contributed by atoms with Crippen LogP contribution < -0.4 is 4.74 Å². The van der Waals surface area contributed by atoms with E-state index in [0.29, 0.717) is 35.1 Å². The Balaban J connectivity index is 1.41. The summed E-state index contributed by atoms with van der Waals surface area (Å²) in [5, 5.41) is 21.1. The molecule has 4 nitrogen and oxygen atoms in total. The molecule has 0 saturated carbocycles. The highest BCUT2D eigenvalue weighted by atomic mass is 19.1. The van der Waals surface area contributed by atoms with Crippen LogP contribution in [0.3, 0.4) is 0 Å². The molecule has 0 amide bonds. The summed E-state index contributed by atoms with van der Waals surface area (Å²) in [5.74, 6) is 0.799. The SMILES string of the molecule is CN1C(C)(C)c2c(F)c(C#N)c(CC3Cc4ccc(-c5ccccc5)cc4Oc4cc(-c5ccccc5)ccc43)c(C#N)c2C1(C)C. The largest absolute Gasteiger partial charge is 0.457 e. The van der Waals surface area contributed by atoms with Crippen molar-refractivity contribution in [2.75, 3.05) is 7.05 Å². The Morgan fingerprint density at radius 3 is 1.87 bits per heavy atom. The summed E-state index contributed by atoms with van der Waals surface area (Å²) in [7, 11) is 1.95. The van der Waals surface area contributed by atoms with E-state index in [1.165, 1.54) is 0 Å². The topological polar surface area (TPSA) is 60.1 Å². The molecule has 7 rings (SSSR count). The maximum absolute atomic E-state index is 16.6. The Kier molecular flexibility index (Phi) is 7.27. The predicted octanol–water partition coefficient (Wildman–Crippen LogP) is 9.99. The zero-order valence-corrected chi connectivity index (χ0v) is 27.4. The summed E-state index contributed by atoms with van der Waals surface area (Å²) in [6.45, 7) is 7.96. The van der Waals surface area contributed by atoms with Crippen molar-refractivity contribution in [3.8, 4) is 45.9 Å². The molecule has 0 aliphatic carbocycles. The fourth-order valence-corrected chi connectivity index (χ4v) is 7.75. The standard InChI is InChI=1S/C42H36FN3O/c1-41(2)38-34(24-44)33(35(25-45)40(43)39(38)42(3,4)46(41)5)21-31-20-30-17-16-28(26-12-8-6-9-13-26)22-36(30)47-37-23-29(18-19-32(31)37)27-14-10-7-11-15-27/h6-19,22-23,31H,20-21H2,1-5H3. The number of fused-ring (bicyclic) bond motifs is 3. The van der Waals surface area contributed by atoms with Crippen molar-refractivity contribution in [1.29, 1.82) is 10.5 Å². The molecule has 2 heterocycles. The molecular weight excluding hydrogens is 581 g/mol. The van der Waals surface area contributed by atoms with Gasteiger partial charge in [-0.1, -0.05) is 84.9 Å². The number of hydrogen-bond acceptors (Lipinski definition) is 4. The van der Waals surface area contributed by atoms with E-state index in [-0.39, 0.29) is 11.5 Å². The second-order valence-electron chi connectivity index (χ2n) is 13.7. The molecule has 0 aromatic heterocycles. The first kappa shape index (κ1) is 30.4. The highest BCUT2D eigenvalue weighted by molar-refractivity contribution is 5.70. The molecular formula is C42H36FN3O. The lowest BCUT2D eigenvalue weighted by Crippen LogP contribution is -2.42. The van der Waals surface area contributed by atoms with Gasteiger partial charge in [-0.15, -0.1) is 0 Å². The van der Waals surface area contributed by atoms with Gasteiger partial charge < -0.3 is 4.74 Å². The number of nitriles is 2. The molecule has 0 bridgehead atoms. The molecule has 2 aliphatic heterocycles. The monoisotopic (exact) mass is 617 g/mol. The van der Waals surface area contributed by atoms with Gasteiger partial charge in [0.25, 0.3) is 0 Å². The molecule has 5 aromatic carbocycles. The zero-order valence-electron chi connectivity index (χ0n) is 27.4. The summed E-state index contributed by atoms with van der Waals surface area (Å²) in [5.41, 5.74) is 6.90. The van der Waals surface area contributed by atoms with Crippen LogP contribution in [-0.4, -0.2) is 11.9 Å². The minimum Gasteiger partial charge on any atom is -0.457 e. The molecule has 5 heteroatoms. The number of ether oxygens (including phenoxy) is 1. The Hall–Kier alpha value is -5.23. The van der Waals surface area contributed by atoms with Crippen molar-refractivity contribution < 1.29 is 9.13 Å². The molecule has 0 N–H and O–H groups in total. The lowest BCUT2D eigenvalue weighted by atomic mass is 9.78. The van der Waals surface area contributed by atoms with E-state index in [0.717, 1.165) is 44.9 Å². The van der Waals surface area contributed by atoms with Crippen LogP contribution in [0.5, 0.6) is 11.5 Å². The number of rotatable bonds is 4. The van der Waals surface area contributed by atoms with E-state index >= 15 is 4.39 Å². The van der Waals surface area contributed by atoms with Gasteiger partial charge in [0.1, 0.15) is 23.4 Å². The molecule has 0 spiro atoms. The van der Waals surface area contributed by atoms with E-state index in [1.807, 2.05) is 71.1 Å². The summed E-state index contributed by atoms with van der Waals surface area (Å²) in [6.07, 6.45) is 0.919. The van der Waals surface area contributed by atoms with Crippen LogP contribution in [0.25, 0.3) is 22.3 Å². The average molecular weight is 618 g/mol. The van der Waals surface area contributed by atoms with Crippen molar-refractivity contribution >= 4 is 0 Å². The van der Waals surface area contributed by atoms with Crippen LogP contribution in [0.15, 0.2) is 97.1 Å². The Morgan fingerprint density at radius 1 is 0.723 bits per heavy atom. The first-order chi connectivity index (χ1) is 22.6. The Morgan fingerprint density at radius 2 is 1.28 bits per heavy atom. The van der Waals surface area contributed by atoms with Crippen LogP contribution in [0.4, 0.5) is 4.39 Å². The van der Waals surface area contributed by atoms with E-state index in [2.05, 4.69) is 77.7 Å². The predicted molar refractivity (Wildman–Crippen MR) is 184 cm³/mol. The molecule has 232 valence electrons. The lowest BCUT2D eigenvalue weighted by molar-refractivity contribution is 0.0716. The van der Waals surface area contributed by atoms with Gasteiger partial charge in [-0.05, 0) is 110 Å². The van der Waals surface area contributed by atoms with Crippen molar-refractivity contribution in [2.45, 2.75) is 57.5 Å². The average Bonchev–Trinajstić information content (AvgIpc) is 3.16. The summed E-state index contributed by atoms with van der Waals surface area (Å²) in [6, 6.07) is 37.6. The summed E-state index contributed by atoms with van der Waals surface area (Å²) < 4.78 is 23.4. The first-order valence-electron chi connectivity index (χ1n) is 16.0. The third-order valence-corrected chi connectivity index (χ3v) is 10.5. The molecule has 5 aromatic rings. The minimum atomic E-state index is -0.690. The van der Waals surface area contributed by atoms with Gasteiger partial charge in [-0.25, -0.2) is 4.39 Å². The minimum absolute atomic E-state index is 0.0354.